The SMILES string of the molecule is CSC(C)CCNc1ccc(N)cc1C(N)=O. The zero-order chi connectivity index (χ0) is 12.8. The van der Waals surface area contributed by atoms with Crippen molar-refractivity contribution in [1.82, 2.24) is 0 Å². The van der Waals surface area contributed by atoms with E-state index in [0.717, 1.165) is 18.7 Å². The average Bonchev–Trinajstić information content (AvgIpc) is 2.30. The van der Waals surface area contributed by atoms with Crippen LogP contribution in [-0.4, -0.2) is 24.0 Å². The van der Waals surface area contributed by atoms with E-state index in [4.69, 9.17) is 11.5 Å². The highest BCUT2D eigenvalue weighted by Crippen LogP contribution is 2.19. The van der Waals surface area contributed by atoms with E-state index >= 15 is 0 Å². The molecule has 0 aliphatic rings. The van der Waals surface area contributed by atoms with E-state index in [-0.39, 0.29) is 0 Å². The highest BCUT2D eigenvalue weighted by Gasteiger charge is 2.08. The Labute approximate surface area is 106 Å². The summed E-state index contributed by atoms with van der Waals surface area (Å²) in [6.45, 7) is 2.98. The highest BCUT2D eigenvalue weighted by molar-refractivity contribution is 7.99. The average molecular weight is 253 g/mol. The summed E-state index contributed by atoms with van der Waals surface area (Å²) in [6.07, 6.45) is 3.12. The third-order valence-corrected chi connectivity index (χ3v) is 3.62. The molecule has 1 aromatic rings. The minimum Gasteiger partial charge on any atom is -0.399 e. The lowest BCUT2D eigenvalue weighted by Gasteiger charge is -2.12. The van der Waals surface area contributed by atoms with Gasteiger partial charge in [-0.3, -0.25) is 4.79 Å². The Morgan fingerprint density at radius 1 is 1.53 bits per heavy atom. The van der Waals surface area contributed by atoms with Crippen molar-refractivity contribution in [2.24, 2.45) is 5.73 Å². The Bertz CT molecular complexity index is 395. The first kappa shape index (κ1) is 13.7. The summed E-state index contributed by atoms with van der Waals surface area (Å²) in [4.78, 5) is 11.2. The van der Waals surface area contributed by atoms with Crippen LogP contribution in [0.1, 0.15) is 23.7 Å². The fraction of sp³-hybridized carbons (Fsp3) is 0.417. The number of nitrogens with two attached hydrogens (primary N) is 2. The minimum atomic E-state index is -0.460. The van der Waals surface area contributed by atoms with E-state index in [9.17, 15) is 4.79 Å². The van der Waals surface area contributed by atoms with Gasteiger partial charge < -0.3 is 16.8 Å². The van der Waals surface area contributed by atoms with Gasteiger partial charge in [-0.25, -0.2) is 0 Å². The predicted molar refractivity (Wildman–Crippen MR) is 75.5 cm³/mol. The van der Waals surface area contributed by atoms with Crippen molar-refractivity contribution >= 4 is 29.0 Å². The van der Waals surface area contributed by atoms with Gasteiger partial charge in [-0.15, -0.1) is 0 Å². The summed E-state index contributed by atoms with van der Waals surface area (Å²) in [7, 11) is 0. The Morgan fingerprint density at radius 2 is 2.24 bits per heavy atom. The summed E-state index contributed by atoms with van der Waals surface area (Å²) in [6, 6.07) is 5.15. The molecule has 0 radical (unpaired) electrons. The van der Waals surface area contributed by atoms with Crippen molar-refractivity contribution in [2.45, 2.75) is 18.6 Å². The second-order valence-corrected chi connectivity index (χ2v) is 5.21. The molecule has 1 amide bonds. The highest BCUT2D eigenvalue weighted by atomic mass is 32.2. The van der Waals surface area contributed by atoms with Crippen LogP contribution in [0.4, 0.5) is 11.4 Å². The maximum absolute atomic E-state index is 11.2. The van der Waals surface area contributed by atoms with Crippen LogP contribution in [0.15, 0.2) is 18.2 Å². The quantitative estimate of drug-likeness (QED) is 0.677. The number of anilines is 2. The number of benzene rings is 1. The zero-order valence-electron chi connectivity index (χ0n) is 10.2. The van der Waals surface area contributed by atoms with Crippen LogP contribution >= 0.6 is 11.8 Å². The number of thioether (sulfide) groups is 1. The fourth-order valence-corrected chi connectivity index (χ4v) is 1.80. The molecule has 0 heterocycles. The first-order chi connectivity index (χ1) is 8.04. The number of hydrogen-bond donors (Lipinski definition) is 3. The van der Waals surface area contributed by atoms with Gasteiger partial charge in [0, 0.05) is 23.2 Å². The Balaban J connectivity index is 2.67. The molecule has 17 heavy (non-hydrogen) atoms. The number of hydrogen-bond acceptors (Lipinski definition) is 4. The van der Waals surface area contributed by atoms with Gasteiger partial charge in [0.15, 0.2) is 0 Å². The fourth-order valence-electron chi connectivity index (χ4n) is 1.45. The van der Waals surface area contributed by atoms with Crippen LogP contribution in [0.3, 0.4) is 0 Å². The molecule has 0 saturated carbocycles. The van der Waals surface area contributed by atoms with Gasteiger partial charge in [0.25, 0.3) is 5.91 Å². The number of nitrogens with one attached hydrogen (secondary N) is 1. The molecule has 0 aliphatic heterocycles. The summed E-state index contributed by atoms with van der Waals surface area (Å²) in [5.41, 5.74) is 12.7. The number of amides is 1. The van der Waals surface area contributed by atoms with Gasteiger partial charge in [-0.1, -0.05) is 6.92 Å². The van der Waals surface area contributed by atoms with Gasteiger partial charge in [-0.2, -0.15) is 11.8 Å². The minimum absolute atomic E-state index is 0.446. The van der Waals surface area contributed by atoms with Gasteiger partial charge in [-0.05, 0) is 30.9 Å². The molecule has 1 unspecified atom stereocenters. The molecule has 5 N–H and O–H groups in total. The molecule has 0 saturated heterocycles. The van der Waals surface area contributed by atoms with Crippen molar-refractivity contribution in [3.05, 3.63) is 23.8 Å². The van der Waals surface area contributed by atoms with Gasteiger partial charge >= 0.3 is 0 Å². The van der Waals surface area contributed by atoms with Crippen LogP contribution in [0, 0.1) is 0 Å². The predicted octanol–water partition coefficient (Wildman–Crippen LogP) is 1.92. The van der Waals surface area contributed by atoms with Crippen molar-refractivity contribution in [2.75, 3.05) is 23.9 Å². The van der Waals surface area contributed by atoms with Crippen molar-refractivity contribution < 1.29 is 4.79 Å². The van der Waals surface area contributed by atoms with Crippen molar-refractivity contribution in [1.29, 1.82) is 0 Å². The molecule has 94 valence electrons. The van der Waals surface area contributed by atoms with E-state index < -0.39 is 5.91 Å². The van der Waals surface area contributed by atoms with Crippen LogP contribution in [0.2, 0.25) is 0 Å². The second kappa shape index (κ2) is 6.39. The maximum Gasteiger partial charge on any atom is 0.250 e. The first-order valence-corrected chi connectivity index (χ1v) is 6.79. The van der Waals surface area contributed by atoms with Gasteiger partial charge in [0.05, 0.1) is 5.56 Å². The Morgan fingerprint density at radius 3 is 2.82 bits per heavy atom. The normalized spacial score (nSPS) is 12.1. The standard InChI is InChI=1S/C12H19N3OS/c1-8(17-2)5-6-15-11-4-3-9(13)7-10(11)12(14)16/h3-4,7-8,15H,5-6,13H2,1-2H3,(H2,14,16). The van der Waals surface area contributed by atoms with Gasteiger partial charge in [0.1, 0.15) is 0 Å². The summed E-state index contributed by atoms with van der Waals surface area (Å²) < 4.78 is 0. The monoisotopic (exact) mass is 253 g/mol. The summed E-state index contributed by atoms with van der Waals surface area (Å²) in [5.74, 6) is -0.460. The smallest absolute Gasteiger partial charge is 0.250 e. The zero-order valence-corrected chi connectivity index (χ0v) is 11.0. The van der Waals surface area contributed by atoms with Crippen molar-refractivity contribution in [3.8, 4) is 0 Å². The molecular formula is C12H19N3OS. The molecule has 0 aromatic heterocycles. The lowest BCUT2D eigenvalue weighted by molar-refractivity contribution is 0.100. The van der Waals surface area contributed by atoms with Crippen LogP contribution in [0.25, 0.3) is 0 Å². The topological polar surface area (TPSA) is 81.1 Å². The number of nitrogen functional groups attached to an aromatic ring is 1. The third kappa shape index (κ3) is 4.19. The maximum atomic E-state index is 11.2. The Kier molecular flexibility index (Phi) is 5.15. The van der Waals surface area contributed by atoms with E-state index in [1.807, 2.05) is 11.8 Å². The number of primary amides is 1. The molecule has 4 nitrogen and oxygen atoms in total. The van der Waals surface area contributed by atoms with E-state index in [1.54, 1.807) is 18.2 Å². The van der Waals surface area contributed by atoms with Gasteiger partial charge in [0.2, 0.25) is 0 Å². The van der Waals surface area contributed by atoms with Crippen LogP contribution in [0.5, 0.6) is 0 Å². The van der Waals surface area contributed by atoms with E-state index in [2.05, 4.69) is 18.5 Å². The molecule has 0 bridgehead atoms. The Hall–Kier alpha value is -1.36. The number of carbonyl (C=O) groups is 1. The largest absolute Gasteiger partial charge is 0.399 e. The first-order valence-electron chi connectivity index (χ1n) is 5.50. The third-order valence-electron chi connectivity index (χ3n) is 2.58. The van der Waals surface area contributed by atoms with E-state index in [1.165, 1.54) is 0 Å². The van der Waals surface area contributed by atoms with Crippen LogP contribution in [-0.2, 0) is 0 Å². The molecular weight excluding hydrogens is 234 g/mol. The molecule has 1 aromatic carbocycles. The number of rotatable bonds is 6. The van der Waals surface area contributed by atoms with E-state index in [0.29, 0.717) is 16.5 Å². The molecule has 0 fully saturated rings. The number of carbonyl (C=O) groups excluding carboxylic acids is 1. The second-order valence-electron chi connectivity index (χ2n) is 3.93. The molecule has 1 rings (SSSR count). The summed E-state index contributed by atoms with van der Waals surface area (Å²) in [5, 5.41) is 3.81. The molecule has 0 spiro atoms. The molecule has 1 atom stereocenters. The summed E-state index contributed by atoms with van der Waals surface area (Å²) >= 11 is 1.82. The lowest BCUT2D eigenvalue weighted by Crippen LogP contribution is -2.16. The lowest BCUT2D eigenvalue weighted by atomic mass is 10.1. The van der Waals surface area contributed by atoms with Crippen LogP contribution < -0.4 is 16.8 Å². The molecule has 5 heteroatoms. The van der Waals surface area contributed by atoms with Crippen molar-refractivity contribution in [3.63, 3.8) is 0 Å². The molecule has 0 aliphatic carbocycles.